The molecule has 1 atom stereocenters. The summed E-state index contributed by atoms with van der Waals surface area (Å²) in [6.45, 7) is 4.12. The summed E-state index contributed by atoms with van der Waals surface area (Å²) >= 11 is 6.23. The molecule has 2 aromatic rings. The number of rotatable bonds is 12. The summed E-state index contributed by atoms with van der Waals surface area (Å²) in [4.78, 5) is 27.8. The van der Waals surface area contributed by atoms with E-state index in [1.54, 1.807) is 24.3 Å². The van der Waals surface area contributed by atoms with Gasteiger partial charge >= 0.3 is 0 Å². The van der Waals surface area contributed by atoms with E-state index in [4.69, 9.17) is 11.6 Å². The van der Waals surface area contributed by atoms with E-state index >= 15 is 0 Å². The number of nitrogens with one attached hydrogen (secondary N) is 1. The Morgan fingerprint density at radius 1 is 1.03 bits per heavy atom. The minimum Gasteiger partial charge on any atom is -0.354 e. The van der Waals surface area contributed by atoms with Crippen LogP contribution >= 0.6 is 11.6 Å². The second-order valence-electron chi connectivity index (χ2n) is 7.76. The fourth-order valence-electron chi connectivity index (χ4n) is 3.51. The molecule has 2 rings (SSSR count). The van der Waals surface area contributed by atoms with Gasteiger partial charge in [-0.3, -0.25) is 13.9 Å². The Kier molecular flexibility index (Phi) is 10.2. The van der Waals surface area contributed by atoms with Crippen LogP contribution in [0.1, 0.15) is 32.3 Å². The van der Waals surface area contributed by atoms with Gasteiger partial charge in [0.25, 0.3) is 0 Å². The van der Waals surface area contributed by atoms with Crippen LogP contribution in [0.25, 0.3) is 0 Å². The monoisotopic (exact) mass is 493 g/mol. The van der Waals surface area contributed by atoms with Crippen LogP contribution in [0.2, 0.25) is 5.02 Å². The third kappa shape index (κ3) is 7.75. The second kappa shape index (κ2) is 12.6. The lowest BCUT2D eigenvalue weighted by atomic mass is 10.1. The van der Waals surface area contributed by atoms with Crippen LogP contribution in [0, 0.1) is 0 Å². The van der Waals surface area contributed by atoms with Gasteiger partial charge in [-0.15, -0.1) is 0 Å². The summed E-state index contributed by atoms with van der Waals surface area (Å²) in [6, 6.07) is 15.4. The molecule has 0 aliphatic carbocycles. The molecule has 7 nitrogen and oxygen atoms in total. The molecule has 0 saturated carbocycles. The third-order valence-electron chi connectivity index (χ3n) is 5.22. The zero-order chi connectivity index (χ0) is 24.4. The molecule has 1 unspecified atom stereocenters. The average Bonchev–Trinajstić information content (AvgIpc) is 2.79. The summed E-state index contributed by atoms with van der Waals surface area (Å²) in [6.07, 6.45) is 2.74. The number of amides is 2. The van der Waals surface area contributed by atoms with Gasteiger partial charge in [0, 0.05) is 13.1 Å². The molecule has 9 heteroatoms. The standard InChI is InChI=1S/C24H32ClN3O4S/c1-4-16-26-24(30)21(5-2)27(17-15-19-11-7-6-8-12-19)23(29)18-28(33(3,31)32)22-14-10-9-13-20(22)25/h6-14,21H,4-5,15-18H2,1-3H3,(H,26,30). The molecule has 0 spiro atoms. The predicted molar refractivity (Wildman–Crippen MR) is 133 cm³/mol. The Balaban J connectivity index is 2.35. The minimum absolute atomic E-state index is 0.222. The summed E-state index contributed by atoms with van der Waals surface area (Å²) in [5, 5.41) is 3.08. The van der Waals surface area contributed by atoms with Gasteiger partial charge in [-0.05, 0) is 37.0 Å². The largest absolute Gasteiger partial charge is 0.354 e. The fraction of sp³-hybridized carbons (Fsp3) is 0.417. The van der Waals surface area contributed by atoms with Crippen LogP contribution in [0.3, 0.4) is 0 Å². The molecule has 0 fully saturated rings. The smallest absolute Gasteiger partial charge is 0.244 e. The zero-order valence-electron chi connectivity index (χ0n) is 19.3. The van der Waals surface area contributed by atoms with E-state index in [1.807, 2.05) is 44.2 Å². The van der Waals surface area contributed by atoms with Crippen molar-refractivity contribution in [2.45, 2.75) is 39.2 Å². The number of hydrogen-bond acceptors (Lipinski definition) is 4. The van der Waals surface area contributed by atoms with Crippen LogP contribution in [-0.2, 0) is 26.0 Å². The number of carbonyl (C=O) groups is 2. The quantitative estimate of drug-likeness (QED) is 0.490. The number of anilines is 1. The highest BCUT2D eigenvalue weighted by Crippen LogP contribution is 2.27. The summed E-state index contributed by atoms with van der Waals surface area (Å²) in [5.74, 6) is -0.709. The molecule has 0 saturated heterocycles. The van der Waals surface area contributed by atoms with Crippen molar-refractivity contribution in [2.24, 2.45) is 0 Å². The van der Waals surface area contributed by atoms with Crippen molar-refractivity contribution in [3.05, 3.63) is 65.2 Å². The van der Waals surface area contributed by atoms with E-state index in [1.165, 1.54) is 4.90 Å². The summed E-state index contributed by atoms with van der Waals surface area (Å²) in [7, 11) is -3.80. The van der Waals surface area contributed by atoms with Crippen molar-refractivity contribution in [1.29, 1.82) is 0 Å². The molecule has 1 N–H and O–H groups in total. The summed E-state index contributed by atoms with van der Waals surface area (Å²) < 4.78 is 26.1. The SMILES string of the molecule is CCCNC(=O)C(CC)N(CCc1ccccc1)C(=O)CN(c1ccccc1Cl)S(C)(=O)=O. The van der Waals surface area contributed by atoms with Crippen LogP contribution in [0.4, 0.5) is 5.69 Å². The van der Waals surface area contributed by atoms with Gasteiger partial charge in [0.2, 0.25) is 21.8 Å². The van der Waals surface area contributed by atoms with Crippen LogP contribution < -0.4 is 9.62 Å². The molecular formula is C24H32ClN3O4S. The van der Waals surface area contributed by atoms with Crippen LogP contribution in [-0.4, -0.2) is 57.1 Å². The van der Waals surface area contributed by atoms with Gasteiger partial charge in [0.1, 0.15) is 12.6 Å². The lowest BCUT2D eigenvalue weighted by molar-refractivity contribution is -0.139. The van der Waals surface area contributed by atoms with E-state index in [0.717, 1.165) is 22.5 Å². The van der Waals surface area contributed by atoms with E-state index in [2.05, 4.69) is 5.32 Å². The van der Waals surface area contributed by atoms with Gasteiger partial charge in [0.05, 0.1) is 17.0 Å². The Labute approximate surface area is 201 Å². The van der Waals surface area contributed by atoms with Crippen molar-refractivity contribution < 1.29 is 18.0 Å². The fourth-order valence-corrected chi connectivity index (χ4v) is 4.66. The van der Waals surface area contributed by atoms with Gasteiger partial charge in [-0.25, -0.2) is 8.42 Å². The molecule has 0 radical (unpaired) electrons. The first-order valence-corrected chi connectivity index (χ1v) is 13.2. The Morgan fingerprint density at radius 3 is 2.24 bits per heavy atom. The molecule has 33 heavy (non-hydrogen) atoms. The second-order valence-corrected chi connectivity index (χ2v) is 10.1. The lowest BCUT2D eigenvalue weighted by Crippen LogP contribution is -2.53. The van der Waals surface area contributed by atoms with Crippen molar-refractivity contribution in [3.8, 4) is 0 Å². The topological polar surface area (TPSA) is 86.8 Å². The van der Waals surface area contributed by atoms with Crippen molar-refractivity contribution in [1.82, 2.24) is 10.2 Å². The highest BCUT2D eigenvalue weighted by atomic mass is 35.5. The number of para-hydroxylation sites is 1. The molecule has 2 amide bonds. The van der Waals surface area contributed by atoms with Gasteiger partial charge < -0.3 is 10.2 Å². The van der Waals surface area contributed by atoms with E-state index in [-0.39, 0.29) is 23.2 Å². The first kappa shape index (κ1) is 26.7. The highest BCUT2D eigenvalue weighted by Gasteiger charge is 2.31. The lowest BCUT2D eigenvalue weighted by Gasteiger charge is -2.33. The number of halogens is 1. The number of sulfonamides is 1. The number of benzene rings is 2. The molecule has 0 aliphatic heterocycles. The maximum absolute atomic E-state index is 13.5. The molecule has 0 heterocycles. The first-order chi connectivity index (χ1) is 15.7. The van der Waals surface area contributed by atoms with E-state index in [9.17, 15) is 18.0 Å². The van der Waals surface area contributed by atoms with Crippen LogP contribution in [0.15, 0.2) is 54.6 Å². The van der Waals surface area contributed by atoms with Crippen LogP contribution in [0.5, 0.6) is 0 Å². The van der Waals surface area contributed by atoms with Crippen molar-refractivity contribution >= 4 is 39.1 Å². The third-order valence-corrected chi connectivity index (χ3v) is 6.67. The number of nitrogens with zero attached hydrogens (tertiary/aromatic N) is 2. The molecule has 0 aliphatic rings. The number of hydrogen-bond donors (Lipinski definition) is 1. The Morgan fingerprint density at radius 2 is 1.67 bits per heavy atom. The van der Waals surface area contributed by atoms with Crippen molar-refractivity contribution in [3.63, 3.8) is 0 Å². The molecule has 0 bridgehead atoms. The van der Waals surface area contributed by atoms with Crippen molar-refractivity contribution in [2.75, 3.05) is 30.2 Å². The normalized spacial score (nSPS) is 12.1. The summed E-state index contributed by atoms with van der Waals surface area (Å²) in [5.41, 5.74) is 1.24. The molecule has 2 aromatic carbocycles. The predicted octanol–water partition coefficient (Wildman–Crippen LogP) is 3.48. The van der Waals surface area contributed by atoms with Gasteiger partial charge in [0.15, 0.2) is 0 Å². The average molecular weight is 494 g/mol. The Hall–Kier alpha value is -2.58. The van der Waals surface area contributed by atoms with E-state index in [0.29, 0.717) is 19.4 Å². The zero-order valence-corrected chi connectivity index (χ0v) is 20.9. The highest BCUT2D eigenvalue weighted by molar-refractivity contribution is 7.92. The van der Waals surface area contributed by atoms with E-state index < -0.39 is 28.5 Å². The first-order valence-electron chi connectivity index (χ1n) is 11.0. The molecule has 180 valence electrons. The molecular weight excluding hydrogens is 462 g/mol. The van der Waals surface area contributed by atoms with Gasteiger partial charge in [-0.1, -0.05) is 67.9 Å². The Bertz CT molecular complexity index is 1030. The van der Waals surface area contributed by atoms with Gasteiger partial charge in [-0.2, -0.15) is 0 Å². The maximum atomic E-state index is 13.5. The molecule has 0 aromatic heterocycles. The minimum atomic E-state index is -3.80. The maximum Gasteiger partial charge on any atom is 0.244 e. The number of carbonyl (C=O) groups excluding carboxylic acids is 2.